The molecule has 1 amide bonds. The quantitative estimate of drug-likeness (QED) is 0.521. The maximum atomic E-state index is 12.9. The Morgan fingerprint density at radius 1 is 1.26 bits per heavy atom. The van der Waals surface area contributed by atoms with Crippen LogP contribution in [-0.2, 0) is 17.8 Å². The first kappa shape index (κ1) is 21.7. The zero-order valence-electron chi connectivity index (χ0n) is 18.3. The maximum Gasteiger partial charge on any atom is 0.225 e. The van der Waals surface area contributed by atoms with Crippen molar-refractivity contribution in [1.82, 2.24) is 19.9 Å². The number of hydrogen-bond acceptors (Lipinski definition) is 6. The van der Waals surface area contributed by atoms with Gasteiger partial charge in [-0.1, -0.05) is 35.5 Å². The SMILES string of the molecule is Cc1nc(CN2CCC(C(=O)N(C)CCCc3cc(-c4ccccc4)no3)CC2)cs1. The number of carbonyl (C=O) groups is 1. The van der Waals surface area contributed by atoms with Crippen LogP contribution in [0, 0.1) is 12.8 Å². The summed E-state index contributed by atoms with van der Waals surface area (Å²) in [7, 11) is 1.92. The number of likely N-dealkylation sites (tertiary alicyclic amines) is 1. The third kappa shape index (κ3) is 5.80. The van der Waals surface area contributed by atoms with E-state index in [0.29, 0.717) is 0 Å². The van der Waals surface area contributed by atoms with Gasteiger partial charge in [-0.05, 0) is 39.3 Å². The van der Waals surface area contributed by atoms with Gasteiger partial charge in [0.1, 0.15) is 11.5 Å². The second-order valence-electron chi connectivity index (χ2n) is 8.32. The molecule has 1 fully saturated rings. The summed E-state index contributed by atoms with van der Waals surface area (Å²) in [4.78, 5) is 21.7. The molecule has 164 valence electrons. The predicted molar refractivity (Wildman–Crippen MR) is 123 cm³/mol. The Morgan fingerprint density at radius 2 is 2.03 bits per heavy atom. The highest BCUT2D eigenvalue weighted by Gasteiger charge is 2.27. The number of benzene rings is 1. The number of piperidine rings is 1. The Kier molecular flexibility index (Phi) is 7.14. The van der Waals surface area contributed by atoms with Crippen LogP contribution in [-0.4, -0.2) is 52.5 Å². The molecular formula is C24H30N4O2S. The number of aryl methyl sites for hydroxylation is 2. The molecule has 0 bridgehead atoms. The third-order valence-electron chi connectivity index (χ3n) is 5.91. The number of hydrogen-bond donors (Lipinski definition) is 0. The minimum atomic E-state index is 0.133. The van der Waals surface area contributed by atoms with Crippen LogP contribution in [0.1, 0.15) is 35.7 Å². The number of aromatic nitrogens is 2. The van der Waals surface area contributed by atoms with Gasteiger partial charge in [-0.25, -0.2) is 4.98 Å². The summed E-state index contributed by atoms with van der Waals surface area (Å²) in [5.74, 6) is 1.27. The molecule has 1 saturated heterocycles. The van der Waals surface area contributed by atoms with Gasteiger partial charge in [0.05, 0.1) is 10.7 Å². The van der Waals surface area contributed by atoms with Crippen molar-refractivity contribution in [3.8, 4) is 11.3 Å². The van der Waals surface area contributed by atoms with E-state index in [1.807, 2.05) is 55.3 Å². The lowest BCUT2D eigenvalue weighted by Gasteiger charge is -2.32. The van der Waals surface area contributed by atoms with Gasteiger partial charge in [0.15, 0.2) is 0 Å². The van der Waals surface area contributed by atoms with Crippen LogP contribution in [0.5, 0.6) is 0 Å². The first-order valence-corrected chi connectivity index (χ1v) is 11.9. The molecule has 2 aromatic heterocycles. The number of amides is 1. The standard InChI is InChI=1S/C24H30N4O2S/c1-18-25-21(17-31-18)16-28-13-10-20(11-14-28)24(29)27(2)12-6-9-22-15-23(26-30-22)19-7-4-3-5-8-19/h3-5,7-8,15,17,20H,6,9-14,16H2,1-2H3. The van der Waals surface area contributed by atoms with Gasteiger partial charge in [0.2, 0.25) is 5.91 Å². The van der Waals surface area contributed by atoms with Gasteiger partial charge in [-0.2, -0.15) is 0 Å². The van der Waals surface area contributed by atoms with Crippen LogP contribution in [0.2, 0.25) is 0 Å². The summed E-state index contributed by atoms with van der Waals surface area (Å²) in [5.41, 5.74) is 3.06. The largest absolute Gasteiger partial charge is 0.361 e. The molecule has 0 spiro atoms. The summed E-state index contributed by atoms with van der Waals surface area (Å²) in [5, 5.41) is 7.42. The van der Waals surface area contributed by atoms with Crippen molar-refractivity contribution in [3.05, 3.63) is 58.2 Å². The van der Waals surface area contributed by atoms with Gasteiger partial charge in [-0.15, -0.1) is 11.3 Å². The van der Waals surface area contributed by atoms with Gasteiger partial charge < -0.3 is 9.42 Å². The topological polar surface area (TPSA) is 62.5 Å². The second-order valence-corrected chi connectivity index (χ2v) is 9.38. The molecule has 0 radical (unpaired) electrons. The fourth-order valence-electron chi connectivity index (χ4n) is 4.14. The highest BCUT2D eigenvalue weighted by molar-refractivity contribution is 7.09. The molecule has 4 rings (SSSR count). The van der Waals surface area contributed by atoms with Crippen molar-refractivity contribution < 1.29 is 9.32 Å². The molecule has 0 aliphatic carbocycles. The third-order valence-corrected chi connectivity index (χ3v) is 6.73. The fourth-order valence-corrected chi connectivity index (χ4v) is 4.74. The Morgan fingerprint density at radius 3 is 2.74 bits per heavy atom. The molecule has 3 aromatic rings. The number of rotatable bonds is 8. The normalized spacial score (nSPS) is 15.3. The highest BCUT2D eigenvalue weighted by atomic mass is 32.1. The van der Waals surface area contributed by atoms with Crippen molar-refractivity contribution in [3.63, 3.8) is 0 Å². The van der Waals surface area contributed by atoms with Crippen molar-refractivity contribution in [2.45, 2.75) is 39.2 Å². The number of thiazole rings is 1. The molecule has 1 aliphatic heterocycles. The van der Waals surface area contributed by atoms with Crippen molar-refractivity contribution in [2.75, 3.05) is 26.7 Å². The molecular weight excluding hydrogens is 408 g/mol. The van der Waals surface area contributed by atoms with E-state index in [1.165, 1.54) is 0 Å². The second kappa shape index (κ2) is 10.2. The van der Waals surface area contributed by atoms with Gasteiger partial charge in [0, 0.05) is 49.5 Å². The van der Waals surface area contributed by atoms with E-state index in [1.54, 1.807) is 11.3 Å². The van der Waals surface area contributed by atoms with E-state index >= 15 is 0 Å². The van der Waals surface area contributed by atoms with Gasteiger partial charge in [-0.3, -0.25) is 9.69 Å². The number of nitrogens with zero attached hydrogens (tertiary/aromatic N) is 4. The van der Waals surface area contributed by atoms with E-state index in [2.05, 4.69) is 20.4 Å². The zero-order chi connectivity index (χ0) is 21.6. The van der Waals surface area contributed by atoms with Crippen molar-refractivity contribution in [1.29, 1.82) is 0 Å². The Hall–Kier alpha value is -2.51. The van der Waals surface area contributed by atoms with Crippen LogP contribution >= 0.6 is 11.3 Å². The fraction of sp³-hybridized carbons (Fsp3) is 0.458. The monoisotopic (exact) mass is 438 g/mol. The van der Waals surface area contributed by atoms with Crippen LogP contribution in [0.3, 0.4) is 0 Å². The smallest absolute Gasteiger partial charge is 0.225 e. The molecule has 0 saturated carbocycles. The summed E-state index contributed by atoms with van der Waals surface area (Å²) in [6.07, 6.45) is 3.50. The molecule has 6 nitrogen and oxygen atoms in total. The van der Waals surface area contributed by atoms with E-state index in [4.69, 9.17) is 4.52 Å². The van der Waals surface area contributed by atoms with Gasteiger partial charge in [0.25, 0.3) is 0 Å². The molecule has 0 N–H and O–H groups in total. The van der Waals surface area contributed by atoms with E-state index in [-0.39, 0.29) is 11.8 Å². The summed E-state index contributed by atoms with van der Waals surface area (Å²) >= 11 is 1.70. The molecule has 0 unspecified atom stereocenters. The average molecular weight is 439 g/mol. The van der Waals surface area contributed by atoms with Crippen LogP contribution in [0.25, 0.3) is 11.3 Å². The molecule has 1 aliphatic rings. The Balaban J connectivity index is 1.18. The Bertz CT molecular complexity index is 976. The minimum absolute atomic E-state index is 0.133. The highest BCUT2D eigenvalue weighted by Crippen LogP contribution is 2.22. The molecule has 3 heterocycles. The van der Waals surface area contributed by atoms with Crippen LogP contribution in [0.4, 0.5) is 0 Å². The molecule has 31 heavy (non-hydrogen) atoms. The van der Waals surface area contributed by atoms with E-state index in [9.17, 15) is 4.79 Å². The lowest BCUT2D eigenvalue weighted by atomic mass is 9.95. The summed E-state index contributed by atoms with van der Waals surface area (Å²) < 4.78 is 5.48. The minimum Gasteiger partial charge on any atom is -0.361 e. The number of carbonyl (C=O) groups excluding carboxylic acids is 1. The lowest BCUT2D eigenvalue weighted by Crippen LogP contribution is -2.41. The zero-order valence-corrected chi connectivity index (χ0v) is 19.1. The van der Waals surface area contributed by atoms with Crippen molar-refractivity contribution in [2.24, 2.45) is 5.92 Å². The maximum absolute atomic E-state index is 12.9. The first-order chi connectivity index (χ1) is 15.1. The van der Waals surface area contributed by atoms with Gasteiger partial charge >= 0.3 is 0 Å². The first-order valence-electron chi connectivity index (χ1n) is 11.0. The van der Waals surface area contributed by atoms with E-state index < -0.39 is 0 Å². The lowest BCUT2D eigenvalue weighted by molar-refractivity contribution is -0.135. The summed E-state index contributed by atoms with van der Waals surface area (Å²) in [6.45, 7) is 5.59. The molecule has 0 atom stereocenters. The predicted octanol–water partition coefficient (Wildman–Crippen LogP) is 4.41. The molecule has 1 aromatic carbocycles. The van der Waals surface area contributed by atoms with Crippen molar-refractivity contribution >= 4 is 17.2 Å². The summed E-state index contributed by atoms with van der Waals surface area (Å²) in [6, 6.07) is 12.0. The van der Waals surface area contributed by atoms with Crippen LogP contribution < -0.4 is 0 Å². The Labute approximate surface area is 187 Å². The van der Waals surface area contributed by atoms with E-state index in [0.717, 1.165) is 79.6 Å². The molecule has 7 heteroatoms. The average Bonchev–Trinajstić information content (AvgIpc) is 3.43. The van der Waals surface area contributed by atoms with Crippen LogP contribution in [0.15, 0.2) is 46.3 Å².